The van der Waals surface area contributed by atoms with E-state index < -0.39 is 5.41 Å². The highest BCUT2D eigenvalue weighted by molar-refractivity contribution is 5.84. The van der Waals surface area contributed by atoms with Gasteiger partial charge < -0.3 is 5.32 Å². The van der Waals surface area contributed by atoms with Crippen LogP contribution in [-0.2, 0) is 4.79 Å². The second kappa shape index (κ2) is 3.91. The molecule has 0 bridgehead atoms. The molecule has 1 N–H and O–H groups in total. The predicted octanol–water partition coefficient (Wildman–Crippen LogP) is 1.23. The van der Waals surface area contributed by atoms with Crippen molar-refractivity contribution in [1.82, 2.24) is 5.32 Å². The van der Waals surface area contributed by atoms with Gasteiger partial charge in [-0.3, -0.25) is 4.79 Å². The molecule has 0 radical (unpaired) electrons. The first-order valence-corrected chi connectivity index (χ1v) is 3.74. The number of amides is 1. The fraction of sp³-hybridized carbons (Fsp3) is 0.556. The lowest BCUT2D eigenvalue weighted by Crippen LogP contribution is -2.36. The first-order valence-electron chi connectivity index (χ1n) is 3.74. The fourth-order valence-corrected chi connectivity index (χ4v) is 0.503. The topological polar surface area (TPSA) is 52.9 Å². The molecule has 3 heteroatoms. The van der Waals surface area contributed by atoms with E-state index in [9.17, 15) is 4.79 Å². The van der Waals surface area contributed by atoms with E-state index in [1.54, 1.807) is 13.8 Å². The van der Waals surface area contributed by atoms with Gasteiger partial charge in [0.15, 0.2) is 0 Å². The second-order valence-corrected chi connectivity index (χ2v) is 3.38. The smallest absolute Gasteiger partial charge is 0.240 e. The molecule has 0 aromatic rings. The average molecular weight is 166 g/mol. The molecular weight excluding hydrogens is 152 g/mol. The number of carbonyl (C=O) groups excluding carboxylic acids is 1. The van der Waals surface area contributed by atoms with Crippen molar-refractivity contribution >= 4 is 5.91 Å². The number of hydrogen-bond acceptors (Lipinski definition) is 2. The number of nitrogens with zero attached hydrogens (tertiary/aromatic N) is 1. The summed E-state index contributed by atoms with van der Waals surface area (Å²) in [5.74, 6) is -0.256. The van der Waals surface area contributed by atoms with Crippen LogP contribution in [0.5, 0.6) is 0 Å². The van der Waals surface area contributed by atoms with Crippen LogP contribution in [0.4, 0.5) is 0 Å². The van der Waals surface area contributed by atoms with Gasteiger partial charge in [0.2, 0.25) is 5.91 Å². The predicted molar refractivity (Wildman–Crippen MR) is 47.2 cm³/mol. The molecule has 0 unspecified atom stereocenters. The maximum atomic E-state index is 11.2. The lowest BCUT2D eigenvalue weighted by atomic mass is 9.95. The van der Waals surface area contributed by atoms with E-state index in [0.717, 1.165) is 5.57 Å². The Bertz CT molecular complexity index is 235. The van der Waals surface area contributed by atoms with E-state index in [1.807, 2.05) is 13.0 Å². The summed E-state index contributed by atoms with van der Waals surface area (Å²) in [6, 6.07) is 1.92. The van der Waals surface area contributed by atoms with Crippen LogP contribution in [0.2, 0.25) is 0 Å². The number of hydrogen-bond donors (Lipinski definition) is 1. The highest BCUT2D eigenvalue weighted by atomic mass is 16.2. The summed E-state index contributed by atoms with van der Waals surface area (Å²) < 4.78 is 0. The van der Waals surface area contributed by atoms with Crippen molar-refractivity contribution in [2.75, 3.05) is 6.54 Å². The summed E-state index contributed by atoms with van der Waals surface area (Å²) in [5, 5.41) is 11.2. The van der Waals surface area contributed by atoms with E-state index >= 15 is 0 Å². The number of carbonyl (C=O) groups is 1. The Labute approximate surface area is 73.1 Å². The summed E-state index contributed by atoms with van der Waals surface area (Å²) in [4.78, 5) is 11.2. The van der Waals surface area contributed by atoms with E-state index in [0.29, 0.717) is 6.54 Å². The van der Waals surface area contributed by atoms with Crippen molar-refractivity contribution < 1.29 is 4.79 Å². The van der Waals surface area contributed by atoms with Crippen molar-refractivity contribution in [3.63, 3.8) is 0 Å². The molecule has 66 valence electrons. The van der Waals surface area contributed by atoms with Crippen LogP contribution >= 0.6 is 0 Å². The summed E-state index contributed by atoms with van der Waals surface area (Å²) in [5.41, 5.74) is -0.0767. The SMILES string of the molecule is C=C(C)CNC(=O)C(C)(C)C#N. The minimum atomic E-state index is -0.949. The second-order valence-electron chi connectivity index (χ2n) is 3.38. The third-order valence-electron chi connectivity index (χ3n) is 1.40. The molecular formula is C9H14N2O. The van der Waals surface area contributed by atoms with Gasteiger partial charge in [0.05, 0.1) is 6.07 Å². The van der Waals surface area contributed by atoms with Crippen LogP contribution < -0.4 is 5.32 Å². The highest BCUT2D eigenvalue weighted by Gasteiger charge is 2.26. The monoisotopic (exact) mass is 166 g/mol. The molecule has 0 aliphatic carbocycles. The van der Waals surface area contributed by atoms with E-state index in [2.05, 4.69) is 11.9 Å². The average Bonchev–Trinajstić information content (AvgIpc) is 2.00. The quantitative estimate of drug-likeness (QED) is 0.641. The zero-order valence-electron chi connectivity index (χ0n) is 7.77. The van der Waals surface area contributed by atoms with Crippen molar-refractivity contribution in [3.05, 3.63) is 12.2 Å². The van der Waals surface area contributed by atoms with Gasteiger partial charge >= 0.3 is 0 Å². The van der Waals surface area contributed by atoms with Gasteiger partial charge in [-0.05, 0) is 20.8 Å². The van der Waals surface area contributed by atoms with Crippen LogP contribution in [0.3, 0.4) is 0 Å². The van der Waals surface area contributed by atoms with Gasteiger partial charge in [-0.2, -0.15) is 5.26 Å². The molecule has 3 nitrogen and oxygen atoms in total. The Morgan fingerprint density at radius 3 is 2.50 bits per heavy atom. The van der Waals surface area contributed by atoms with Crippen LogP contribution in [0.15, 0.2) is 12.2 Å². The molecule has 0 rings (SSSR count). The van der Waals surface area contributed by atoms with Crippen molar-refractivity contribution in [2.45, 2.75) is 20.8 Å². The normalized spacial score (nSPS) is 10.2. The maximum absolute atomic E-state index is 11.2. The molecule has 0 aliphatic heterocycles. The Hall–Kier alpha value is -1.30. The molecule has 0 aromatic heterocycles. The number of nitrogens with one attached hydrogen (secondary N) is 1. The van der Waals surface area contributed by atoms with Crippen LogP contribution in [-0.4, -0.2) is 12.5 Å². The summed E-state index contributed by atoms with van der Waals surface area (Å²) in [6.07, 6.45) is 0. The van der Waals surface area contributed by atoms with Crippen LogP contribution in [0.25, 0.3) is 0 Å². The summed E-state index contributed by atoms with van der Waals surface area (Å²) in [6.45, 7) is 9.06. The molecule has 0 aromatic carbocycles. The van der Waals surface area contributed by atoms with Gasteiger partial charge in [-0.15, -0.1) is 0 Å². The van der Waals surface area contributed by atoms with Crippen molar-refractivity contribution in [2.24, 2.45) is 5.41 Å². The third kappa shape index (κ3) is 3.20. The summed E-state index contributed by atoms with van der Waals surface area (Å²) in [7, 11) is 0. The third-order valence-corrected chi connectivity index (χ3v) is 1.40. The van der Waals surface area contributed by atoms with Crippen molar-refractivity contribution in [1.29, 1.82) is 5.26 Å². The lowest BCUT2D eigenvalue weighted by molar-refractivity contribution is -0.126. The van der Waals surface area contributed by atoms with Gasteiger partial charge in [-0.25, -0.2) is 0 Å². The molecule has 12 heavy (non-hydrogen) atoms. The van der Waals surface area contributed by atoms with Gasteiger partial charge in [0, 0.05) is 6.54 Å². The van der Waals surface area contributed by atoms with E-state index in [4.69, 9.17) is 5.26 Å². The number of rotatable bonds is 3. The van der Waals surface area contributed by atoms with Gasteiger partial charge in [0.1, 0.15) is 5.41 Å². The number of nitriles is 1. The molecule has 0 heterocycles. The van der Waals surface area contributed by atoms with E-state index in [-0.39, 0.29) is 5.91 Å². The molecule has 0 saturated heterocycles. The van der Waals surface area contributed by atoms with Crippen molar-refractivity contribution in [3.8, 4) is 6.07 Å². The minimum absolute atomic E-state index is 0.256. The standard InChI is InChI=1S/C9H14N2O/c1-7(2)5-11-8(12)9(3,4)6-10/h1,5H2,2-4H3,(H,11,12). The zero-order chi connectivity index (χ0) is 9.78. The molecule has 0 fully saturated rings. The molecule has 1 amide bonds. The Kier molecular flexibility index (Phi) is 3.49. The van der Waals surface area contributed by atoms with Crippen LogP contribution in [0.1, 0.15) is 20.8 Å². The maximum Gasteiger partial charge on any atom is 0.240 e. The Morgan fingerprint density at radius 2 is 2.17 bits per heavy atom. The molecule has 0 atom stereocenters. The molecule has 0 aliphatic rings. The lowest BCUT2D eigenvalue weighted by Gasteiger charge is -2.14. The first kappa shape index (κ1) is 10.7. The zero-order valence-corrected chi connectivity index (χ0v) is 7.77. The Balaban J connectivity index is 4.07. The minimum Gasteiger partial charge on any atom is -0.351 e. The Morgan fingerprint density at radius 1 is 1.67 bits per heavy atom. The van der Waals surface area contributed by atoms with Gasteiger partial charge in [-0.1, -0.05) is 12.2 Å². The van der Waals surface area contributed by atoms with E-state index in [1.165, 1.54) is 0 Å². The largest absolute Gasteiger partial charge is 0.351 e. The van der Waals surface area contributed by atoms with Crippen LogP contribution in [0, 0.1) is 16.7 Å². The molecule has 0 saturated carbocycles. The first-order chi connectivity index (χ1) is 5.40. The van der Waals surface area contributed by atoms with Gasteiger partial charge in [0.25, 0.3) is 0 Å². The summed E-state index contributed by atoms with van der Waals surface area (Å²) >= 11 is 0. The fourth-order valence-electron chi connectivity index (χ4n) is 0.503. The molecule has 0 spiro atoms. The highest BCUT2D eigenvalue weighted by Crippen LogP contribution is 2.12.